The zero-order chi connectivity index (χ0) is 8.65. The minimum absolute atomic E-state index is 0.101. The summed E-state index contributed by atoms with van der Waals surface area (Å²) in [7, 11) is 0. The molecule has 0 spiro atoms. The molecule has 0 heterocycles. The first kappa shape index (κ1) is 8.58. The van der Waals surface area contributed by atoms with Crippen molar-refractivity contribution in [3.63, 3.8) is 0 Å². The second kappa shape index (κ2) is 2.51. The highest BCUT2D eigenvalue weighted by Gasteiger charge is 2.25. The molecule has 0 fully saturated rings. The summed E-state index contributed by atoms with van der Waals surface area (Å²) in [4.78, 5) is 0. The molecular weight excluding hydrogens is 132 g/mol. The van der Waals surface area contributed by atoms with Crippen LogP contribution in [0.5, 0.6) is 0 Å². The Morgan fingerprint density at radius 1 is 1.36 bits per heavy atom. The molecule has 0 saturated heterocycles. The van der Waals surface area contributed by atoms with Gasteiger partial charge in [0.25, 0.3) is 0 Å². The predicted molar refractivity (Wildman–Crippen MR) is 50.1 cm³/mol. The molecule has 0 aliphatic heterocycles. The van der Waals surface area contributed by atoms with Gasteiger partial charge in [-0.2, -0.15) is 0 Å². The Morgan fingerprint density at radius 2 is 1.91 bits per heavy atom. The minimum Gasteiger partial charge on any atom is -0.0776 e. The van der Waals surface area contributed by atoms with Gasteiger partial charge in [-0.1, -0.05) is 37.1 Å². The lowest BCUT2D eigenvalue weighted by Crippen LogP contribution is -2.21. The lowest BCUT2D eigenvalue weighted by Gasteiger charge is -2.31. The molecule has 11 heavy (non-hydrogen) atoms. The molecule has 2 atom stereocenters. The molecule has 0 N–H and O–H groups in total. The molecular formula is C11H17. The summed E-state index contributed by atoms with van der Waals surface area (Å²) in [6.07, 6.45) is 4.58. The summed E-state index contributed by atoms with van der Waals surface area (Å²) in [5.41, 5.74) is 2.88. The first-order valence-electron chi connectivity index (χ1n) is 4.17. The Balaban J connectivity index is 2.98. The maximum atomic E-state index is 4.17. The van der Waals surface area contributed by atoms with Crippen LogP contribution < -0.4 is 0 Å². The Morgan fingerprint density at radius 3 is 2.36 bits per heavy atom. The summed E-state index contributed by atoms with van der Waals surface area (Å²) >= 11 is 0. The number of hydrogen-bond acceptors (Lipinski definition) is 0. The molecule has 1 aliphatic carbocycles. The predicted octanol–water partition coefficient (Wildman–Crippen LogP) is 3.37. The van der Waals surface area contributed by atoms with E-state index in [1.54, 1.807) is 0 Å². The van der Waals surface area contributed by atoms with Gasteiger partial charge in [-0.15, -0.1) is 0 Å². The Hall–Kier alpha value is -0.520. The minimum atomic E-state index is 0.101. The molecule has 0 bridgehead atoms. The molecule has 0 saturated carbocycles. The molecule has 1 aliphatic rings. The average molecular weight is 149 g/mol. The van der Waals surface area contributed by atoms with Gasteiger partial charge in [0, 0.05) is 0 Å². The van der Waals surface area contributed by atoms with Crippen LogP contribution >= 0.6 is 0 Å². The van der Waals surface area contributed by atoms with Gasteiger partial charge in [-0.05, 0) is 32.1 Å². The van der Waals surface area contributed by atoms with Crippen LogP contribution in [0.15, 0.2) is 23.3 Å². The monoisotopic (exact) mass is 149 g/mol. The van der Waals surface area contributed by atoms with Crippen molar-refractivity contribution in [2.24, 2.45) is 11.3 Å². The Labute approximate surface area is 70.0 Å². The van der Waals surface area contributed by atoms with Crippen LogP contribution in [0.25, 0.3) is 0 Å². The Kier molecular flexibility index (Phi) is 1.96. The maximum absolute atomic E-state index is 4.17. The van der Waals surface area contributed by atoms with Crippen molar-refractivity contribution in [2.45, 2.75) is 27.7 Å². The van der Waals surface area contributed by atoms with Crippen LogP contribution in [0.4, 0.5) is 0 Å². The van der Waals surface area contributed by atoms with Crippen LogP contribution in [-0.4, -0.2) is 0 Å². The fraction of sp³-hybridized carbons (Fsp3) is 0.545. The van der Waals surface area contributed by atoms with E-state index in [9.17, 15) is 0 Å². The third kappa shape index (κ3) is 1.55. The first-order chi connectivity index (χ1) is 4.93. The van der Waals surface area contributed by atoms with Crippen molar-refractivity contribution in [1.29, 1.82) is 0 Å². The molecule has 0 heteroatoms. The third-order valence-electron chi connectivity index (χ3n) is 2.71. The van der Waals surface area contributed by atoms with Crippen molar-refractivity contribution < 1.29 is 0 Å². The molecule has 0 aromatic carbocycles. The van der Waals surface area contributed by atoms with Crippen LogP contribution in [0, 0.1) is 18.3 Å². The molecule has 0 aromatic heterocycles. The SMILES string of the molecule is [CH2]C1(C)C=C(C)C(C)=CC1C. The topological polar surface area (TPSA) is 0 Å². The van der Waals surface area contributed by atoms with Crippen LogP contribution in [0.1, 0.15) is 27.7 Å². The molecule has 2 unspecified atom stereocenters. The molecule has 1 radical (unpaired) electrons. The zero-order valence-corrected chi connectivity index (χ0v) is 7.94. The van der Waals surface area contributed by atoms with Crippen molar-refractivity contribution in [2.75, 3.05) is 0 Å². The van der Waals surface area contributed by atoms with Crippen LogP contribution in [0.2, 0.25) is 0 Å². The normalized spacial score (nSPS) is 29.4. The van der Waals surface area contributed by atoms with E-state index >= 15 is 0 Å². The van der Waals surface area contributed by atoms with E-state index in [2.05, 4.69) is 46.8 Å². The molecule has 0 aromatic rings. The highest BCUT2D eigenvalue weighted by molar-refractivity contribution is 5.35. The van der Waals surface area contributed by atoms with Crippen LogP contribution in [0.3, 0.4) is 0 Å². The van der Waals surface area contributed by atoms with E-state index in [1.165, 1.54) is 11.1 Å². The lowest BCUT2D eigenvalue weighted by atomic mass is 9.74. The number of allylic oxidation sites excluding steroid dienone is 4. The second-order valence-corrected chi connectivity index (χ2v) is 3.97. The Bertz CT molecular complexity index is 216. The highest BCUT2D eigenvalue weighted by atomic mass is 14.3. The third-order valence-corrected chi connectivity index (χ3v) is 2.71. The standard InChI is InChI=1S/C11H17/c1-8-6-10(3)11(4,5)7-9(8)2/h6-7,10H,4H2,1-3,5H3. The summed E-state index contributed by atoms with van der Waals surface area (Å²) in [5.74, 6) is 0.561. The fourth-order valence-corrected chi connectivity index (χ4v) is 1.44. The molecule has 0 nitrogen and oxygen atoms in total. The molecule has 0 amide bonds. The van der Waals surface area contributed by atoms with E-state index < -0.39 is 0 Å². The van der Waals surface area contributed by atoms with Gasteiger partial charge in [0.05, 0.1) is 0 Å². The molecule has 1 rings (SSSR count). The van der Waals surface area contributed by atoms with Gasteiger partial charge in [-0.3, -0.25) is 0 Å². The summed E-state index contributed by atoms with van der Waals surface area (Å²) in [6.45, 7) is 12.9. The van der Waals surface area contributed by atoms with E-state index in [4.69, 9.17) is 0 Å². The van der Waals surface area contributed by atoms with Crippen molar-refractivity contribution in [3.05, 3.63) is 30.2 Å². The fourth-order valence-electron chi connectivity index (χ4n) is 1.44. The van der Waals surface area contributed by atoms with E-state index in [-0.39, 0.29) is 5.41 Å². The quantitative estimate of drug-likeness (QED) is 0.495. The summed E-state index contributed by atoms with van der Waals surface area (Å²) in [5, 5.41) is 0. The van der Waals surface area contributed by atoms with Crippen LogP contribution in [-0.2, 0) is 0 Å². The second-order valence-electron chi connectivity index (χ2n) is 3.97. The van der Waals surface area contributed by atoms with E-state index in [0.717, 1.165) is 0 Å². The first-order valence-corrected chi connectivity index (χ1v) is 4.17. The van der Waals surface area contributed by atoms with Gasteiger partial charge in [0.2, 0.25) is 0 Å². The lowest BCUT2D eigenvalue weighted by molar-refractivity contribution is 0.408. The van der Waals surface area contributed by atoms with Crippen molar-refractivity contribution in [1.82, 2.24) is 0 Å². The smallest absolute Gasteiger partial charge is 0.00801 e. The zero-order valence-electron chi connectivity index (χ0n) is 7.94. The van der Waals surface area contributed by atoms with E-state index in [1.807, 2.05) is 0 Å². The van der Waals surface area contributed by atoms with Gasteiger partial charge in [0.1, 0.15) is 0 Å². The summed E-state index contributed by atoms with van der Waals surface area (Å²) in [6, 6.07) is 0. The van der Waals surface area contributed by atoms with Crippen molar-refractivity contribution in [3.8, 4) is 0 Å². The van der Waals surface area contributed by atoms with Gasteiger partial charge >= 0.3 is 0 Å². The average Bonchev–Trinajstić information content (AvgIpc) is 1.83. The van der Waals surface area contributed by atoms with Gasteiger partial charge in [-0.25, -0.2) is 0 Å². The van der Waals surface area contributed by atoms with Gasteiger partial charge < -0.3 is 0 Å². The van der Waals surface area contributed by atoms with Gasteiger partial charge in [0.15, 0.2) is 0 Å². The molecule has 61 valence electrons. The maximum Gasteiger partial charge on any atom is -0.00801 e. The number of rotatable bonds is 0. The largest absolute Gasteiger partial charge is 0.0776 e. The number of hydrogen-bond donors (Lipinski definition) is 0. The van der Waals surface area contributed by atoms with E-state index in [0.29, 0.717) is 5.92 Å². The summed E-state index contributed by atoms with van der Waals surface area (Å²) < 4.78 is 0. The highest BCUT2D eigenvalue weighted by Crippen LogP contribution is 2.36. The van der Waals surface area contributed by atoms with Crippen molar-refractivity contribution >= 4 is 0 Å².